The molecule has 0 aromatic heterocycles. The number of benzene rings is 3. The number of nitrogens with one attached hydrogen (secondary N) is 1. The van der Waals surface area contributed by atoms with Crippen molar-refractivity contribution >= 4 is 27.5 Å². The van der Waals surface area contributed by atoms with E-state index < -0.39 is 28.5 Å². The van der Waals surface area contributed by atoms with E-state index in [1.165, 1.54) is 25.2 Å². The molecule has 0 fully saturated rings. The van der Waals surface area contributed by atoms with Gasteiger partial charge in [0.25, 0.3) is 0 Å². The van der Waals surface area contributed by atoms with Crippen LogP contribution in [-0.2, 0) is 32.6 Å². The molecule has 9 nitrogen and oxygen atoms in total. The van der Waals surface area contributed by atoms with Crippen molar-refractivity contribution in [3.63, 3.8) is 0 Å². The molecule has 3 rings (SSSR count). The molecule has 3 aromatic carbocycles. The minimum atomic E-state index is -3.91. The van der Waals surface area contributed by atoms with Gasteiger partial charge in [-0.15, -0.1) is 0 Å². The zero-order valence-electron chi connectivity index (χ0n) is 25.2. The Hall–Kier alpha value is -4.05. The summed E-state index contributed by atoms with van der Waals surface area (Å²) in [6.45, 7) is 5.99. The van der Waals surface area contributed by atoms with Gasteiger partial charge in [-0.25, -0.2) is 8.42 Å². The molecule has 0 aliphatic carbocycles. The van der Waals surface area contributed by atoms with E-state index in [9.17, 15) is 18.0 Å². The molecule has 226 valence electrons. The number of amides is 2. The molecule has 0 spiro atoms. The largest absolute Gasteiger partial charge is 0.493 e. The highest BCUT2D eigenvalue weighted by Crippen LogP contribution is 2.32. The summed E-state index contributed by atoms with van der Waals surface area (Å²) in [6.07, 6.45) is 1.30. The van der Waals surface area contributed by atoms with Crippen molar-refractivity contribution in [2.75, 3.05) is 37.9 Å². The third-order valence-electron chi connectivity index (χ3n) is 6.89. The van der Waals surface area contributed by atoms with Crippen molar-refractivity contribution in [2.45, 2.75) is 39.8 Å². The molecule has 0 aliphatic rings. The number of nitrogens with zero attached hydrogens (tertiary/aromatic N) is 2. The molecule has 0 radical (unpaired) electrons. The zero-order valence-corrected chi connectivity index (χ0v) is 26.0. The van der Waals surface area contributed by atoms with Gasteiger partial charge in [-0.2, -0.15) is 0 Å². The first-order chi connectivity index (χ1) is 19.9. The smallest absolute Gasteiger partial charge is 0.244 e. The lowest BCUT2D eigenvalue weighted by Gasteiger charge is -2.34. The van der Waals surface area contributed by atoms with Gasteiger partial charge < -0.3 is 19.7 Å². The summed E-state index contributed by atoms with van der Waals surface area (Å²) in [4.78, 5) is 29.4. The Kier molecular flexibility index (Phi) is 11.4. The average molecular weight is 596 g/mol. The number of ether oxygens (including phenoxy) is 2. The Morgan fingerprint density at radius 2 is 1.55 bits per heavy atom. The second kappa shape index (κ2) is 14.7. The summed E-state index contributed by atoms with van der Waals surface area (Å²) in [5.41, 5.74) is 2.93. The van der Waals surface area contributed by atoms with Crippen LogP contribution in [0.25, 0.3) is 0 Å². The monoisotopic (exact) mass is 595 g/mol. The third kappa shape index (κ3) is 8.72. The van der Waals surface area contributed by atoms with Crippen LogP contribution in [0.3, 0.4) is 0 Å². The van der Waals surface area contributed by atoms with Gasteiger partial charge in [-0.05, 0) is 41.7 Å². The predicted octanol–water partition coefficient (Wildman–Crippen LogP) is 4.19. The predicted molar refractivity (Wildman–Crippen MR) is 165 cm³/mol. The quantitative estimate of drug-likeness (QED) is 0.300. The summed E-state index contributed by atoms with van der Waals surface area (Å²) in [6, 6.07) is 20.9. The average Bonchev–Trinajstić information content (AvgIpc) is 2.96. The Labute approximate surface area is 249 Å². The number of sulfonamides is 1. The van der Waals surface area contributed by atoms with Crippen LogP contribution in [0, 0.1) is 12.8 Å². The van der Waals surface area contributed by atoms with E-state index in [1.54, 1.807) is 12.1 Å². The summed E-state index contributed by atoms with van der Waals surface area (Å²) in [5, 5.41) is 2.99. The molecule has 1 N–H and O–H groups in total. The molecule has 0 heterocycles. The van der Waals surface area contributed by atoms with E-state index in [2.05, 4.69) is 5.32 Å². The van der Waals surface area contributed by atoms with Crippen LogP contribution in [0.1, 0.15) is 30.5 Å². The van der Waals surface area contributed by atoms with E-state index in [4.69, 9.17) is 9.47 Å². The van der Waals surface area contributed by atoms with Crippen LogP contribution in [0.5, 0.6) is 11.5 Å². The fourth-order valence-electron chi connectivity index (χ4n) is 4.54. The van der Waals surface area contributed by atoms with E-state index in [0.717, 1.165) is 27.3 Å². The Morgan fingerprint density at radius 1 is 0.905 bits per heavy atom. The van der Waals surface area contributed by atoms with Crippen molar-refractivity contribution in [3.8, 4) is 11.5 Å². The summed E-state index contributed by atoms with van der Waals surface area (Å²) in [5.74, 6) is 0.137. The number of hydrogen-bond donors (Lipinski definition) is 1. The van der Waals surface area contributed by atoms with Crippen molar-refractivity contribution in [2.24, 2.45) is 5.92 Å². The van der Waals surface area contributed by atoms with Gasteiger partial charge in [0.15, 0.2) is 11.5 Å². The molecule has 1 unspecified atom stereocenters. The fourth-order valence-corrected chi connectivity index (χ4v) is 5.38. The lowest BCUT2D eigenvalue weighted by atomic mass is 10.0. The van der Waals surface area contributed by atoms with Gasteiger partial charge in [-0.1, -0.05) is 68.4 Å². The number of anilines is 1. The molecule has 0 bridgehead atoms. The Balaban J connectivity index is 2.08. The molecular weight excluding hydrogens is 554 g/mol. The molecule has 0 saturated heterocycles. The van der Waals surface area contributed by atoms with Gasteiger partial charge in [0.1, 0.15) is 12.6 Å². The number of carbonyl (C=O) groups is 2. The second-order valence-electron chi connectivity index (χ2n) is 10.6. The molecule has 10 heteroatoms. The first-order valence-corrected chi connectivity index (χ1v) is 15.6. The molecular formula is C32H41N3O6S. The van der Waals surface area contributed by atoms with Crippen LogP contribution in [-0.4, -0.2) is 64.7 Å². The highest BCUT2D eigenvalue weighted by atomic mass is 32.2. The van der Waals surface area contributed by atoms with E-state index in [1.807, 2.05) is 75.4 Å². The number of rotatable bonds is 14. The molecule has 0 aliphatic heterocycles. The van der Waals surface area contributed by atoms with Crippen molar-refractivity contribution in [1.82, 2.24) is 10.2 Å². The molecule has 0 saturated carbocycles. The van der Waals surface area contributed by atoms with E-state index in [-0.39, 0.29) is 30.5 Å². The minimum Gasteiger partial charge on any atom is -0.493 e. The molecule has 2 amide bonds. The van der Waals surface area contributed by atoms with Crippen LogP contribution in [0.2, 0.25) is 0 Å². The Morgan fingerprint density at radius 3 is 2.14 bits per heavy atom. The topological polar surface area (TPSA) is 105 Å². The van der Waals surface area contributed by atoms with Crippen LogP contribution < -0.4 is 19.1 Å². The van der Waals surface area contributed by atoms with Crippen LogP contribution in [0.4, 0.5) is 5.69 Å². The maximum absolute atomic E-state index is 14.2. The highest BCUT2D eigenvalue weighted by molar-refractivity contribution is 7.92. The van der Waals surface area contributed by atoms with Crippen molar-refractivity contribution in [3.05, 3.63) is 89.5 Å². The lowest BCUT2D eigenvalue weighted by Crippen LogP contribution is -2.53. The minimum absolute atomic E-state index is 0.127. The summed E-state index contributed by atoms with van der Waals surface area (Å²) in [7, 11) is -0.977. The molecule has 1 atom stereocenters. The first kappa shape index (κ1) is 32.5. The van der Waals surface area contributed by atoms with Gasteiger partial charge in [0.2, 0.25) is 21.8 Å². The van der Waals surface area contributed by atoms with Gasteiger partial charge in [-0.3, -0.25) is 13.9 Å². The second-order valence-corrected chi connectivity index (χ2v) is 12.5. The molecule has 3 aromatic rings. The van der Waals surface area contributed by atoms with Crippen molar-refractivity contribution in [1.29, 1.82) is 0 Å². The van der Waals surface area contributed by atoms with E-state index in [0.29, 0.717) is 18.0 Å². The van der Waals surface area contributed by atoms with Crippen molar-refractivity contribution < 1.29 is 27.5 Å². The van der Waals surface area contributed by atoms with Gasteiger partial charge in [0.05, 0.1) is 26.2 Å². The first-order valence-electron chi connectivity index (χ1n) is 13.8. The normalized spacial score (nSPS) is 12.0. The number of aryl methyl sites for hydroxylation is 1. The van der Waals surface area contributed by atoms with Crippen LogP contribution in [0.15, 0.2) is 72.8 Å². The number of carbonyl (C=O) groups excluding carboxylic acids is 2. The van der Waals surface area contributed by atoms with Gasteiger partial charge in [0, 0.05) is 25.6 Å². The fraction of sp³-hybridized carbons (Fsp3) is 0.375. The van der Waals surface area contributed by atoms with Crippen LogP contribution >= 0.6 is 0 Å². The standard InChI is InChI=1S/C32H41N3O6S/c1-23(2)20-33-32(37)28(18-25-13-8-7-9-14-25)34(21-26-15-11-10-12-24(26)3)31(36)22-35(42(6,38)39)27-16-17-29(40-4)30(19-27)41-5/h7-17,19,23,28H,18,20-22H2,1-6H3,(H,33,37). The maximum Gasteiger partial charge on any atom is 0.244 e. The SMILES string of the molecule is COc1ccc(N(CC(=O)N(Cc2ccccc2C)C(Cc2ccccc2)C(=O)NCC(C)C)S(C)(=O)=O)cc1OC. The summed E-state index contributed by atoms with van der Waals surface area (Å²) >= 11 is 0. The highest BCUT2D eigenvalue weighted by Gasteiger charge is 2.33. The third-order valence-corrected chi connectivity index (χ3v) is 8.03. The maximum atomic E-state index is 14.2. The van der Waals surface area contributed by atoms with Gasteiger partial charge >= 0.3 is 0 Å². The number of hydrogen-bond acceptors (Lipinski definition) is 6. The summed E-state index contributed by atoms with van der Waals surface area (Å²) < 4.78 is 37.8. The Bertz CT molecular complexity index is 1460. The molecule has 42 heavy (non-hydrogen) atoms. The lowest BCUT2D eigenvalue weighted by molar-refractivity contribution is -0.140. The zero-order chi connectivity index (χ0) is 30.9. The number of methoxy groups -OCH3 is 2. The van der Waals surface area contributed by atoms with E-state index >= 15 is 0 Å².